The Bertz CT molecular complexity index is 986. The molecule has 1 atom stereocenters. The molecule has 1 unspecified atom stereocenters. The van der Waals surface area contributed by atoms with Crippen LogP contribution >= 0.6 is 0 Å². The van der Waals surface area contributed by atoms with Crippen LogP contribution in [0.2, 0.25) is 0 Å². The summed E-state index contributed by atoms with van der Waals surface area (Å²) in [6.45, 7) is 3.15. The number of aromatic nitrogens is 3. The molecule has 2 aromatic heterocycles. The Hall–Kier alpha value is -2.47. The van der Waals surface area contributed by atoms with Crippen LogP contribution in [-0.2, 0) is 18.3 Å². The van der Waals surface area contributed by atoms with Crippen molar-refractivity contribution in [3.8, 4) is 11.1 Å². The average molecular weight is 327 g/mol. The summed E-state index contributed by atoms with van der Waals surface area (Å²) in [5.74, 6) is -0.260. The molecule has 1 aliphatic rings. The first kappa shape index (κ1) is 15.1. The Morgan fingerprint density at radius 3 is 2.83 bits per heavy atom. The summed E-state index contributed by atoms with van der Waals surface area (Å²) >= 11 is 0. The molecule has 3 heterocycles. The first-order chi connectivity index (χ1) is 11.5. The van der Waals surface area contributed by atoms with Gasteiger partial charge in [-0.1, -0.05) is 6.07 Å². The summed E-state index contributed by atoms with van der Waals surface area (Å²) in [5, 5.41) is 0. The van der Waals surface area contributed by atoms with E-state index in [0.29, 0.717) is 12.2 Å². The Morgan fingerprint density at radius 2 is 2.17 bits per heavy atom. The SMILES string of the molecule is Cc1cc(F)ccc1-c1cnc2c(c1)n(CC1CCO1)c(=O)n2C. The molecule has 1 aromatic carbocycles. The molecule has 0 aliphatic carbocycles. The summed E-state index contributed by atoms with van der Waals surface area (Å²) in [4.78, 5) is 17.0. The minimum absolute atomic E-state index is 0.0875. The quantitative estimate of drug-likeness (QED) is 0.743. The van der Waals surface area contributed by atoms with Crippen LogP contribution in [0.4, 0.5) is 4.39 Å². The van der Waals surface area contributed by atoms with Crippen molar-refractivity contribution < 1.29 is 9.13 Å². The van der Waals surface area contributed by atoms with Crippen LogP contribution in [0.25, 0.3) is 22.3 Å². The molecule has 0 amide bonds. The lowest BCUT2D eigenvalue weighted by molar-refractivity contribution is -0.0591. The lowest BCUT2D eigenvalue weighted by atomic mass is 10.0. The highest BCUT2D eigenvalue weighted by molar-refractivity contribution is 5.79. The second-order valence-electron chi connectivity index (χ2n) is 6.26. The monoisotopic (exact) mass is 327 g/mol. The average Bonchev–Trinajstić information content (AvgIpc) is 2.74. The molecule has 3 aromatic rings. The third-order valence-electron chi connectivity index (χ3n) is 4.65. The maximum absolute atomic E-state index is 13.3. The van der Waals surface area contributed by atoms with Gasteiger partial charge >= 0.3 is 5.69 Å². The predicted molar refractivity (Wildman–Crippen MR) is 89.5 cm³/mol. The molecule has 0 bridgehead atoms. The Kier molecular flexibility index (Phi) is 3.49. The molecule has 6 heteroatoms. The van der Waals surface area contributed by atoms with Crippen molar-refractivity contribution in [1.29, 1.82) is 0 Å². The molecule has 0 radical (unpaired) electrons. The van der Waals surface area contributed by atoms with E-state index in [1.54, 1.807) is 28.4 Å². The van der Waals surface area contributed by atoms with Gasteiger partial charge in [0, 0.05) is 25.4 Å². The highest BCUT2D eigenvalue weighted by Crippen LogP contribution is 2.26. The van der Waals surface area contributed by atoms with Crippen molar-refractivity contribution in [2.24, 2.45) is 7.05 Å². The molecule has 1 saturated heterocycles. The fourth-order valence-electron chi connectivity index (χ4n) is 3.18. The van der Waals surface area contributed by atoms with Crippen molar-refractivity contribution in [3.63, 3.8) is 0 Å². The van der Waals surface area contributed by atoms with E-state index < -0.39 is 0 Å². The van der Waals surface area contributed by atoms with Gasteiger partial charge < -0.3 is 4.74 Å². The Labute approximate surface area is 138 Å². The molecule has 5 nitrogen and oxygen atoms in total. The lowest BCUT2D eigenvalue weighted by Gasteiger charge is -2.26. The van der Waals surface area contributed by atoms with E-state index in [2.05, 4.69) is 4.98 Å². The fraction of sp³-hybridized carbons (Fsp3) is 0.333. The topological polar surface area (TPSA) is 49.1 Å². The third kappa shape index (κ3) is 2.34. The van der Waals surface area contributed by atoms with Crippen LogP contribution in [0.5, 0.6) is 0 Å². The van der Waals surface area contributed by atoms with Gasteiger partial charge in [-0.15, -0.1) is 0 Å². The van der Waals surface area contributed by atoms with E-state index in [1.165, 1.54) is 12.1 Å². The van der Waals surface area contributed by atoms with E-state index >= 15 is 0 Å². The molecule has 1 fully saturated rings. The van der Waals surface area contributed by atoms with Crippen LogP contribution in [0.3, 0.4) is 0 Å². The number of imidazole rings is 1. The van der Waals surface area contributed by atoms with E-state index in [9.17, 15) is 9.18 Å². The van der Waals surface area contributed by atoms with E-state index in [-0.39, 0.29) is 17.6 Å². The van der Waals surface area contributed by atoms with Crippen LogP contribution in [0.1, 0.15) is 12.0 Å². The summed E-state index contributed by atoms with van der Waals surface area (Å²) in [5.41, 5.74) is 3.94. The number of benzene rings is 1. The van der Waals surface area contributed by atoms with Crippen molar-refractivity contribution in [2.75, 3.05) is 6.61 Å². The van der Waals surface area contributed by atoms with Crippen LogP contribution in [0, 0.1) is 12.7 Å². The molecule has 0 spiro atoms. The van der Waals surface area contributed by atoms with Gasteiger partial charge in [-0.05, 0) is 42.7 Å². The molecular formula is C18H18FN3O2. The highest BCUT2D eigenvalue weighted by Gasteiger charge is 2.22. The number of hydrogen-bond acceptors (Lipinski definition) is 3. The van der Waals surface area contributed by atoms with Crippen LogP contribution in [0.15, 0.2) is 35.3 Å². The number of ether oxygens (including phenoxy) is 1. The number of hydrogen-bond donors (Lipinski definition) is 0. The second-order valence-corrected chi connectivity index (χ2v) is 6.26. The van der Waals surface area contributed by atoms with Gasteiger partial charge in [-0.2, -0.15) is 0 Å². The van der Waals surface area contributed by atoms with Crippen LogP contribution < -0.4 is 5.69 Å². The predicted octanol–water partition coefficient (Wildman–Crippen LogP) is 2.64. The summed E-state index contributed by atoms with van der Waals surface area (Å²) in [7, 11) is 1.72. The first-order valence-corrected chi connectivity index (χ1v) is 7.98. The summed E-state index contributed by atoms with van der Waals surface area (Å²) in [6, 6.07) is 6.63. The number of pyridine rings is 1. The van der Waals surface area contributed by atoms with Gasteiger partial charge in [0.2, 0.25) is 0 Å². The molecule has 124 valence electrons. The molecule has 4 rings (SSSR count). The molecule has 1 aliphatic heterocycles. The zero-order chi connectivity index (χ0) is 16.8. The standard InChI is InChI=1S/C18H18FN3O2/c1-11-7-13(19)3-4-15(11)12-8-16-17(20-9-12)21(2)18(23)22(16)10-14-5-6-24-14/h3-4,7-9,14H,5-6,10H2,1-2H3. The maximum atomic E-state index is 13.3. The Morgan fingerprint density at radius 1 is 1.38 bits per heavy atom. The van der Waals surface area contributed by atoms with Crippen LogP contribution in [-0.4, -0.2) is 26.8 Å². The van der Waals surface area contributed by atoms with Crippen molar-refractivity contribution in [1.82, 2.24) is 14.1 Å². The third-order valence-corrected chi connectivity index (χ3v) is 4.65. The van der Waals surface area contributed by atoms with Gasteiger partial charge in [0.1, 0.15) is 5.82 Å². The van der Waals surface area contributed by atoms with Gasteiger partial charge in [0.05, 0.1) is 18.2 Å². The maximum Gasteiger partial charge on any atom is 0.330 e. The highest BCUT2D eigenvalue weighted by atomic mass is 19.1. The van der Waals surface area contributed by atoms with E-state index in [4.69, 9.17) is 4.74 Å². The number of aryl methyl sites for hydroxylation is 2. The zero-order valence-corrected chi connectivity index (χ0v) is 13.6. The number of rotatable bonds is 3. The summed E-state index contributed by atoms with van der Waals surface area (Å²) < 4.78 is 22.1. The second kappa shape index (κ2) is 5.56. The number of nitrogens with zero attached hydrogens (tertiary/aromatic N) is 3. The molecule has 0 saturated carbocycles. The van der Waals surface area contributed by atoms with E-state index in [1.807, 2.05) is 13.0 Å². The van der Waals surface area contributed by atoms with Crippen molar-refractivity contribution in [3.05, 3.63) is 52.3 Å². The lowest BCUT2D eigenvalue weighted by Crippen LogP contribution is -2.35. The molecule has 24 heavy (non-hydrogen) atoms. The Balaban J connectivity index is 1.87. The zero-order valence-electron chi connectivity index (χ0n) is 13.6. The molecular weight excluding hydrogens is 309 g/mol. The summed E-state index contributed by atoms with van der Waals surface area (Å²) in [6.07, 6.45) is 2.78. The van der Waals surface area contributed by atoms with Crippen molar-refractivity contribution in [2.45, 2.75) is 26.0 Å². The first-order valence-electron chi connectivity index (χ1n) is 7.98. The number of halogens is 1. The smallest absolute Gasteiger partial charge is 0.330 e. The minimum Gasteiger partial charge on any atom is -0.376 e. The minimum atomic E-state index is -0.260. The van der Waals surface area contributed by atoms with Crippen molar-refractivity contribution >= 4 is 11.2 Å². The normalized spacial score (nSPS) is 17.2. The van der Waals surface area contributed by atoms with Gasteiger partial charge in [0.25, 0.3) is 0 Å². The van der Waals surface area contributed by atoms with E-state index in [0.717, 1.165) is 35.2 Å². The number of fused-ring (bicyclic) bond motifs is 1. The van der Waals surface area contributed by atoms with Gasteiger partial charge in [-0.25, -0.2) is 14.2 Å². The fourth-order valence-corrected chi connectivity index (χ4v) is 3.18. The molecule has 0 N–H and O–H groups in total. The van der Waals surface area contributed by atoms with Gasteiger partial charge in [-0.3, -0.25) is 9.13 Å². The largest absolute Gasteiger partial charge is 0.376 e. The van der Waals surface area contributed by atoms with Gasteiger partial charge in [0.15, 0.2) is 5.65 Å².